The van der Waals surface area contributed by atoms with Crippen LogP contribution in [0, 0.1) is 23.2 Å². The van der Waals surface area contributed by atoms with Gasteiger partial charge in [0.1, 0.15) is 5.69 Å². The minimum Gasteiger partial charge on any atom is -0.465 e. The number of fused-ring (bicyclic) bond motifs is 1. The van der Waals surface area contributed by atoms with Gasteiger partial charge in [-0.1, -0.05) is 45.2 Å². The highest BCUT2D eigenvalue weighted by Gasteiger charge is 2.24. The molecule has 0 atom stereocenters. The third kappa shape index (κ3) is 5.38. The molecule has 0 bridgehead atoms. The smallest absolute Gasteiger partial charge is 0.410 e. The number of halogens is 1. The van der Waals surface area contributed by atoms with E-state index < -0.39 is 6.09 Å². The maximum atomic E-state index is 11.2. The van der Waals surface area contributed by atoms with Crippen molar-refractivity contribution >= 4 is 34.6 Å². The lowest BCUT2D eigenvalue weighted by atomic mass is 9.83. The minimum absolute atomic E-state index is 0.0270. The predicted octanol–water partition coefficient (Wildman–Crippen LogP) is 5.76. The Morgan fingerprint density at radius 1 is 1.26 bits per heavy atom. The molecule has 4 rings (SSSR count). The fraction of sp³-hybridized carbons (Fsp3) is 0.480. The van der Waals surface area contributed by atoms with Gasteiger partial charge in [0.05, 0.1) is 16.1 Å². The molecule has 0 aromatic carbocycles. The van der Waals surface area contributed by atoms with Crippen molar-refractivity contribution in [2.45, 2.75) is 59.4 Å². The number of amidine groups is 1. The third-order valence-corrected chi connectivity index (χ3v) is 6.65. The molecule has 3 aromatic heterocycles. The molecule has 0 unspecified atom stereocenters. The van der Waals surface area contributed by atoms with Gasteiger partial charge in [0.2, 0.25) is 0 Å². The van der Waals surface area contributed by atoms with Crippen LogP contribution in [0.3, 0.4) is 0 Å². The average Bonchev–Trinajstić information content (AvgIpc) is 3.10. The summed E-state index contributed by atoms with van der Waals surface area (Å²) in [5.74, 6) is 1.42. The van der Waals surface area contributed by atoms with Crippen molar-refractivity contribution in [1.29, 1.82) is 5.41 Å². The van der Waals surface area contributed by atoms with Crippen molar-refractivity contribution in [2.24, 2.45) is 17.8 Å². The van der Waals surface area contributed by atoms with Crippen LogP contribution < -0.4 is 5.32 Å². The predicted molar refractivity (Wildman–Crippen MR) is 133 cm³/mol. The monoisotopic (exact) mass is 482 g/mol. The fourth-order valence-electron chi connectivity index (χ4n) is 4.80. The van der Waals surface area contributed by atoms with E-state index in [-0.39, 0.29) is 11.7 Å². The van der Waals surface area contributed by atoms with Gasteiger partial charge in [-0.15, -0.1) is 0 Å². The Morgan fingerprint density at radius 2 is 2.00 bits per heavy atom. The Morgan fingerprint density at radius 3 is 2.65 bits per heavy atom. The quantitative estimate of drug-likeness (QED) is 0.305. The first-order valence-corrected chi connectivity index (χ1v) is 12.2. The molecule has 0 aliphatic heterocycles. The molecule has 8 nitrogen and oxygen atoms in total. The van der Waals surface area contributed by atoms with Crippen LogP contribution in [-0.2, 0) is 13.0 Å². The molecule has 0 saturated heterocycles. The first-order valence-electron chi connectivity index (χ1n) is 11.8. The lowest BCUT2D eigenvalue weighted by Crippen LogP contribution is -2.30. The van der Waals surface area contributed by atoms with Crippen LogP contribution in [0.5, 0.6) is 0 Å². The van der Waals surface area contributed by atoms with Crippen LogP contribution in [0.4, 0.5) is 4.79 Å². The van der Waals surface area contributed by atoms with E-state index >= 15 is 0 Å². The van der Waals surface area contributed by atoms with E-state index in [1.54, 1.807) is 18.5 Å². The zero-order valence-corrected chi connectivity index (χ0v) is 20.6. The molecule has 1 amide bonds. The van der Waals surface area contributed by atoms with Gasteiger partial charge in [-0.05, 0) is 48.6 Å². The highest BCUT2D eigenvalue weighted by Crippen LogP contribution is 2.35. The van der Waals surface area contributed by atoms with Gasteiger partial charge >= 0.3 is 6.09 Å². The molecule has 0 spiro atoms. The minimum atomic E-state index is -1.33. The highest BCUT2D eigenvalue weighted by atomic mass is 35.5. The van der Waals surface area contributed by atoms with Crippen LogP contribution in [0.1, 0.15) is 57.8 Å². The van der Waals surface area contributed by atoms with Crippen molar-refractivity contribution < 1.29 is 9.90 Å². The molecule has 3 aromatic rings. The molecule has 3 N–H and O–H groups in total. The molecular formula is C25H31ClN6O2. The molecule has 34 heavy (non-hydrogen) atoms. The fourth-order valence-corrected chi connectivity index (χ4v) is 4.98. The summed E-state index contributed by atoms with van der Waals surface area (Å²) >= 11 is 6.26. The van der Waals surface area contributed by atoms with Gasteiger partial charge in [0.25, 0.3) is 0 Å². The van der Waals surface area contributed by atoms with Gasteiger partial charge in [0.15, 0.2) is 11.7 Å². The number of carbonyl (C=O) groups is 1. The van der Waals surface area contributed by atoms with Crippen molar-refractivity contribution in [3.8, 4) is 11.3 Å². The lowest BCUT2D eigenvalue weighted by Gasteiger charge is -2.26. The summed E-state index contributed by atoms with van der Waals surface area (Å²) in [5.41, 5.74) is 4.00. The van der Waals surface area contributed by atoms with Crippen LogP contribution in [0.25, 0.3) is 22.3 Å². The first kappa shape index (κ1) is 24.1. The molecule has 9 heteroatoms. The van der Waals surface area contributed by atoms with Crippen molar-refractivity contribution in [2.75, 3.05) is 0 Å². The van der Waals surface area contributed by atoms with Gasteiger partial charge in [0, 0.05) is 30.7 Å². The maximum absolute atomic E-state index is 11.2. The second kappa shape index (κ2) is 10.1. The zero-order chi connectivity index (χ0) is 24.4. The van der Waals surface area contributed by atoms with E-state index in [2.05, 4.69) is 51.8 Å². The Labute approximate surface area is 204 Å². The SMILES string of the molecule is CC(C)Cc1cn(C[C@H]2CC[C@H](C)CC2)c2c(-c3cncc(Cl)c3)nc(C(=N)NC(=O)O)nc12. The summed E-state index contributed by atoms with van der Waals surface area (Å²) < 4.78 is 2.25. The standard InChI is InChI=1S/C25H31ClN6O2/c1-14(2)8-18-13-32(12-16-6-4-15(3)5-7-16)22-20(17-9-19(26)11-28-10-17)29-24(30-21(18)22)23(27)31-25(33)34/h9-11,13-16H,4-8,12H2,1-3H3,(H2,27,31)(H,33,34)/t15-,16-. The molecule has 0 radical (unpaired) electrons. The molecule has 1 fully saturated rings. The highest BCUT2D eigenvalue weighted by molar-refractivity contribution is 6.30. The largest absolute Gasteiger partial charge is 0.465 e. The van der Waals surface area contributed by atoms with Gasteiger partial charge in [-0.3, -0.25) is 15.7 Å². The van der Waals surface area contributed by atoms with Crippen LogP contribution in [-0.4, -0.2) is 36.6 Å². The van der Waals surface area contributed by atoms with E-state index in [4.69, 9.17) is 22.1 Å². The molecule has 1 saturated carbocycles. The Bertz CT molecular complexity index is 1210. The number of hydrogen-bond acceptors (Lipinski definition) is 5. The summed E-state index contributed by atoms with van der Waals surface area (Å²) in [7, 11) is 0. The van der Waals surface area contributed by atoms with Crippen molar-refractivity contribution in [3.63, 3.8) is 0 Å². The van der Waals surface area contributed by atoms with E-state index in [0.717, 1.165) is 35.5 Å². The number of nitrogens with zero attached hydrogens (tertiary/aromatic N) is 4. The van der Waals surface area contributed by atoms with Crippen LogP contribution in [0.2, 0.25) is 5.02 Å². The van der Waals surface area contributed by atoms with Crippen LogP contribution >= 0.6 is 11.6 Å². The van der Waals surface area contributed by atoms with E-state index in [1.165, 1.54) is 25.7 Å². The van der Waals surface area contributed by atoms with Crippen LogP contribution in [0.15, 0.2) is 24.7 Å². The van der Waals surface area contributed by atoms with E-state index in [1.807, 2.05) is 0 Å². The lowest BCUT2D eigenvalue weighted by molar-refractivity contribution is 0.200. The Balaban J connectivity index is 1.90. The van der Waals surface area contributed by atoms with Crippen molar-refractivity contribution in [1.82, 2.24) is 24.8 Å². The van der Waals surface area contributed by atoms with Gasteiger partial charge in [-0.25, -0.2) is 14.8 Å². The molecular weight excluding hydrogens is 452 g/mol. The normalized spacial score (nSPS) is 18.4. The molecule has 180 valence electrons. The summed E-state index contributed by atoms with van der Waals surface area (Å²) in [6.45, 7) is 7.50. The average molecular weight is 483 g/mol. The number of pyridine rings is 1. The molecule has 3 heterocycles. The number of hydrogen-bond donors (Lipinski definition) is 3. The second-order valence-electron chi connectivity index (χ2n) is 9.82. The number of amides is 1. The molecule has 1 aliphatic carbocycles. The number of rotatable bonds is 6. The van der Waals surface area contributed by atoms with Gasteiger partial charge < -0.3 is 9.67 Å². The zero-order valence-electron chi connectivity index (χ0n) is 19.8. The number of aromatic nitrogens is 4. The number of carboxylic acid groups (broad SMARTS) is 1. The topological polar surface area (TPSA) is 117 Å². The Hall–Kier alpha value is -3.00. The molecule has 1 aliphatic rings. The van der Waals surface area contributed by atoms with E-state index in [9.17, 15) is 4.79 Å². The summed E-state index contributed by atoms with van der Waals surface area (Å²) in [6.07, 6.45) is 9.77. The maximum Gasteiger partial charge on any atom is 0.410 e. The summed E-state index contributed by atoms with van der Waals surface area (Å²) in [6, 6.07) is 1.79. The second-order valence-corrected chi connectivity index (χ2v) is 10.3. The Kier molecular flexibility index (Phi) is 7.16. The summed E-state index contributed by atoms with van der Waals surface area (Å²) in [4.78, 5) is 24.7. The number of nitrogens with one attached hydrogen (secondary N) is 2. The van der Waals surface area contributed by atoms with Crippen molar-refractivity contribution in [3.05, 3.63) is 41.1 Å². The van der Waals surface area contributed by atoms with E-state index in [0.29, 0.717) is 28.1 Å². The van der Waals surface area contributed by atoms with Gasteiger partial charge in [-0.2, -0.15) is 0 Å². The summed E-state index contributed by atoms with van der Waals surface area (Å²) in [5, 5.41) is 19.9. The first-order chi connectivity index (χ1) is 16.2. The third-order valence-electron chi connectivity index (χ3n) is 6.44.